The van der Waals surface area contributed by atoms with Crippen molar-refractivity contribution in [3.8, 4) is 11.5 Å². The number of benzene rings is 2. The first kappa shape index (κ1) is 29.9. The van der Waals surface area contributed by atoms with E-state index in [2.05, 4.69) is 38.1 Å². The molecule has 8 fully saturated rings. The summed E-state index contributed by atoms with van der Waals surface area (Å²) in [5, 5.41) is 0. The van der Waals surface area contributed by atoms with Gasteiger partial charge in [0.2, 0.25) is 0 Å². The molecule has 0 aromatic heterocycles. The minimum absolute atomic E-state index is 0.0404. The van der Waals surface area contributed by atoms with Crippen molar-refractivity contribution in [3.63, 3.8) is 0 Å². The summed E-state index contributed by atoms with van der Waals surface area (Å²) >= 11 is -0.598. The van der Waals surface area contributed by atoms with Crippen molar-refractivity contribution < 1.29 is 28.5 Å². The molecule has 46 heavy (non-hydrogen) atoms. The average Bonchev–Trinajstić information content (AvgIpc) is 3.30. The minimum atomic E-state index is -0.598. The molecule has 8 aliphatic carbocycles. The molecule has 2 aromatic carbocycles. The van der Waals surface area contributed by atoms with E-state index in [0.29, 0.717) is 40.6 Å². The third-order valence-corrected chi connectivity index (χ3v) is 17.0. The molecular formula is C39H46O6Te. The van der Waals surface area contributed by atoms with Crippen LogP contribution in [0, 0.1) is 52.8 Å². The van der Waals surface area contributed by atoms with Gasteiger partial charge in [-0.3, -0.25) is 0 Å². The van der Waals surface area contributed by atoms with E-state index >= 15 is 0 Å². The van der Waals surface area contributed by atoms with Crippen LogP contribution in [-0.2, 0) is 19.1 Å². The Morgan fingerprint density at radius 2 is 1.11 bits per heavy atom. The Labute approximate surface area is 282 Å². The monoisotopic (exact) mass is 740 g/mol. The molecule has 6 atom stereocenters. The summed E-state index contributed by atoms with van der Waals surface area (Å²) in [7, 11) is 0. The molecule has 244 valence electrons. The van der Waals surface area contributed by atoms with E-state index in [1.807, 2.05) is 24.3 Å². The van der Waals surface area contributed by atoms with Gasteiger partial charge in [0.25, 0.3) is 0 Å². The molecule has 0 saturated heterocycles. The summed E-state index contributed by atoms with van der Waals surface area (Å²) in [4.78, 5) is 25.8. The zero-order valence-electron chi connectivity index (χ0n) is 27.1. The van der Waals surface area contributed by atoms with E-state index in [-0.39, 0.29) is 36.4 Å². The number of carbonyl (C=O) groups excluding carboxylic acids is 2. The van der Waals surface area contributed by atoms with E-state index in [9.17, 15) is 9.59 Å². The van der Waals surface area contributed by atoms with Gasteiger partial charge in [-0.05, 0) is 12.8 Å². The van der Waals surface area contributed by atoms with Gasteiger partial charge in [-0.25, -0.2) is 0 Å². The Hall–Kier alpha value is -2.23. The predicted molar refractivity (Wildman–Crippen MR) is 174 cm³/mol. The fraction of sp³-hybridized carbons (Fsp3) is 0.641. The van der Waals surface area contributed by atoms with Crippen LogP contribution in [0.5, 0.6) is 11.5 Å². The molecule has 7 heteroatoms. The Kier molecular flexibility index (Phi) is 7.07. The van der Waals surface area contributed by atoms with Crippen LogP contribution in [0.2, 0.25) is 0 Å². The molecule has 0 radical (unpaired) electrons. The zero-order chi connectivity index (χ0) is 31.3. The first-order valence-corrected chi connectivity index (χ1v) is 20.1. The summed E-state index contributed by atoms with van der Waals surface area (Å²) in [5.74, 6) is 6.43. The summed E-state index contributed by atoms with van der Waals surface area (Å²) < 4.78 is 26.7. The van der Waals surface area contributed by atoms with E-state index in [0.717, 1.165) is 23.7 Å². The van der Waals surface area contributed by atoms with Gasteiger partial charge in [-0.2, -0.15) is 0 Å². The molecule has 0 amide bonds. The van der Waals surface area contributed by atoms with Crippen molar-refractivity contribution in [2.75, 3.05) is 13.2 Å². The second-order valence-corrected chi connectivity index (χ2v) is 19.7. The third kappa shape index (κ3) is 4.84. The second kappa shape index (κ2) is 10.9. The summed E-state index contributed by atoms with van der Waals surface area (Å²) in [6.07, 6.45) is 12.8. The SMILES string of the molecule is CC1(OC(=O)COc2ccc([Te]c3ccc(OCC(=O)OC4(C)C5CC6CC7CC4C7(C6)C5)cc3)cc2)C2CC3CC(C2)CC1C3. The molecule has 0 aliphatic heterocycles. The molecule has 6 nitrogen and oxygen atoms in total. The van der Waals surface area contributed by atoms with Gasteiger partial charge in [0.05, 0.1) is 0 Å². The fourth-order valence-corrected chi connectivity index (χ4v) is 14.5. The van der Waals surface area contributed by atoms with Crippen LogP contribution >= 0.6 is 0 Å². The van der Waals surface area contributed by atoms with Crippen molar-refractivity contribution in [1.82, 2.24) is 0 Å². The van der Waals surface area contributed by atoms with Gasteiger partial charge < -0.3 is 0 Å². The molecule has 2 aromatic rings. The van der Waals surface area contributed by atoms with Crippen molar-refractivity contribution in [3.05, 3.63) is 48.5 Å². The molecule has 1 spiro atoms. The Balaban J connectivity index is 0.733. The molecule has 0 N–H and O–H groups in total. The first-order chi connectivity index (χ1) is 22.2. The zero-order valence-corrected chi connectivity index (χ0v) is 29.4. The van der Waals surface area contributed by atoms with E-state index in [1.54, 1.807) is 0 Å². The molecule has 7 bridgehead atoms. The molecule has 0 heterocycles. The fourth-order valence-electron chi connectivity index (χ4n) is 12.2. The maximum absolute atomic E-state index is 12.9. The van der Waals surface area contributed by atoms with Crippen molar-refractivity contribution in [2.45, 2.75) is 89.3 Å². The van der Waals surface area contributed by atoms with Crippen molar-refractivity contribution >= 4 is 40.1 Å². The second-order valence-electron chi connectivity index (χ2n) is 16.4. The maximum atomic E-state index is 12.9. The van der Waals surface area contributed by atoms with Crippen LogP contribution < -0.4 is 16.7 Å². The first-order valence-electron chi connectivity index (χ1n) is 17.8. The number of esters is 2. The molecule has 8 saturated carbocycles. The van der Waals surface area contributed by atoms with Crippen LogP contribution in [0.25, 0.3) is 0 Å². The number of rotatable bonds is 10. The van der Waals surface area contributed by atoms with Crippen LogP contribution in [-0.4, -0.2) is 57.3 Å². The number of carbonyl (C=O) groups is 2. The summed E-state index contributed by atoms with van der Waals surface area (Å²) in [6, 6.07) is 16.2. The molecule has 6 unspecified atom stereocenters. The average molecular weight is 738 g/mol. The number of ether oxygens (including phenoxy) is 4. The molecule has 8 aliphatic rings. The van der Waals surface area contributed by atoms with E-state index in [4.69, 9.17) is 18.9 Å². The van der Waals surface area contributed by atoms with Gasteiger partial charge in [-0.15, -0.1) is 0 Å². The summed E-state index contributed by atoms with van der Waals surface area (Å²) in [5.41, 5.74) is -0.145. The van der Waals surface area contributed by atoms with Crippen LogP contribution in [0.1, 0.15) is 78.1 Å². The predicted octanol–water partition coefficient (Wildman–Crippen LogP) is 5.62. The van der Waals surface area contributed by atoms with Gasteiger partial charge >= 0.3 is 271 Å². The summed E-state index contributed by atoms with van der Waals surface area (Å²) in [6.45, 7) is 4.30. The van der Waals surface area contributed by atoms with Gasteiger partial charge in [-0.1, -0.05) is 0 Å². The van der Waals surface area contributed by atoms with Crippen molar-refractivity contribution in [1.29, 1.82) is 0 Å². The van der Waals surface area contributed by atoms with Crippen LogP contribution in [0.4, 0.5) is 0 Å². The van der Waals surface area contributed by atoms with Crippen molar-refractivity contribution in [2.24, 2.45) is 52.8 Å². The standard InChI is InChI=1S/C39H46O6Te/c1-37(26-12-23-11-24(14-26)15-27(37)13-23)44-35(40)21-42-30-3-7-32(8-4-30)46-33-9-5-31(6-10-33)43-22-36(41)45-38(2)29-17-25-16-28-18-34(38)39(28,19-25)20-29/h3-10,23-29,34H,11-22H2,1-2H3. The Morgan fingerprint density at radius 1 is 0.609 bits per heavy atom. The number of hydrogen-bond donors (Lipinski definition) is 0. The molecular weight excluding hydrogens is 692 g/mol. The van der Waals surface area contributed by atoms with Gasteiger partial charge in [0.1, 0.15) is 0 Å². The van der Waals surface area contributed by atoms with Gasteiger partial charge in [0.15, 0.2) is 0 Å². The van der Waals surface area contributed by atoms with Crippen LogP contribution in [0.3, 0.4) is 0 Å². The Morgan fingerprint density at radius 3 is 1.67 bits per heavy atom. The normalized spacial score (nSPS) is 42.0. The number of fused-ring (bicyclic) bond motifs is 2. The van der Waals surface area contributed by atoms with Crippen LogP contribution in [0.15, 0.2) is 48.5 Å². The van der Waals surface area contributed by atoms with E-state index in [1.165, 1.54) is 71.4 Å². The topological polar surface area (TPSA) is 71.1 Å². The number of hydrogen-bond acceptors (Lipinski definition) is 6. The quantitative estimate of drug-likeness (QED) is 0.233. The van der Waals surface area contributed by atoms with E-state index < -0.39 is 20.9 Å². The third-order valence-electron chi connectivity index (χ3n) is 14.1. The molecule has 10 rings (SSSR count). The Bertz CT molecular complexity index is 1490. The van der Waals surface area contributed by atoms with Gasteiger partial charge in [0, 0.05) is 0 Å².